The zero-order valence-electron chi connectivity index (χ0n) is 23.3. The van der Waals surface area contributed by atoms with Gasteiger partial charge in [0.25, 0.3) is 5.91 Å². The lowest BCUT2D eigenvalue weighted by molar-refractivity contribution is 0.0950. The third kappa shape index (κ3) is 6.10. The van der Waals surface area contributed by atoms with Gasteiger partial charge in [-0.05, 0) is 65.0 Å². The van der Waals surface area contributed by atoms with Crippen LogP contribution in [0, 0.1) is 5.92 Å². The lowest BCUT2D eigenvalue weighted by atomic mass is 10.0. The van der Waals surface area contributed by atoms with Crippen molar-refractivity contribution in [3.05, 3.63) is 95.1 Å². The van der Waals surface area contributed by atoms with Gasteiger partial charge in [0.2, 0.25) is 0 Å². The molecule has 6 rings (SSSR count). The molecular weight excluding hydrogens is 482 g/mol. The second kappa shape index (κ2) is 11.6. The SMILES string of the molecule is C[C@H]1C2CN[C@@H]1CN2Cc1cccc(-c2cccc(CNC(=O)c3cccc(CN4CCN(C)CC4)c3)c2)c1. The summed E-state index contributed by atoms with van der Waals surface area (Å²) < 4.78 is 0. The summed E-state index contributed by atoms with van der Waals surface area (Å²) in [5, 5.41) is 6.78. The van der Waals surface area contributed by atoms with E-state index in [4.69, 9.17) is 0 Å². The van der Waals surface area contributed by atoms with Crippen molar-refractivity contribution in [2.45, 2.75) is 38.6 Å². The molecule has 6 nitrogen and oxygen atoms in total. The number of benzene rings is 3. The fraction of sp³-hybridized carbons (Fsp3) is 0.424. The summed E-state index contributed by atoms with van der Waals surface area (Å²) in [5.74, 6) is 0.714. The molecule has 0 spiro atoms. The first-order valence-electron chi connectivity index (χ1n) is 14.5. The summed E-state index contributed by atoms with van der Waals surface area (Å²) in [7, 11) is 2.17. The molecule has 2 N–H and O–H groups in total. The Morgan fingerprint density at radius 2 is 1.54 bits per heavy atom. The van der Waals surface area contributed by atoms with E-state index in [9.17, 15) is 4.79 Å². The second-order valence-corrected chi connectivity index (χ2v) is 11.7. The summed E-state index contributed by atoms with van der Waals surface area (Å²) >= 11 is 0. The number of nitrogens with zero attached hydrogens (tertiary/aromatic N) is 3. The highest BCUT2D eigenvalue weighted by Crippen LogP contribution is 2.31. The summed E-state index contributed by atoms with van der Waals surface area (Å²) in [5.41, 5.74) is 6.81. The topological polar surface area (TPSA) is 50.9 Å². The smallest absolute Gasteiger partial charge is 0.251 e. The Morgan fingerprint density at radius 1 is 0.872 bits per heavy atom. The zero-order chi connectivity index (χ0) is 26.8. The summed E-state index contributed by atoms with van der Waals surface area (Å²) in [6.07, 6.45) is 0. The van der Waals surface area contributed by atoms with Crippen LogP contribution in [0.2, 0.25) is 0 Å². The molecule has 6 heteroatoms. The number of piperazine rings is 2. The van der Waals surface area contributed by atoms with E-state index in [0.29, 0.717) is 18.6 Å². The van der Waals surface area contributed by atoms with E-state index in [2.05, 4.69) is 93.9 Å². The van der Waals surface area contributed by atoms with E-state index >= 15 is 0 Å². The fourth-order valence-electron chi connectivity index (χ4n) is 6.48. The Balaban J connectivity index is 1.06. The van der Waals surface area contributed by atoms with Crippen LogP contribution in [-0.4, -0.2) is 79.0 Å². The first-order chi connectivity index (χ1) is 19.0. The van der Waals surface area contributed by atoms with Gasteiger partial charge < -0.3 is 15.5 Å². The monoisotopic (exact) mass is 523 g/mol. The molecule has 3 saturated heterocycles. The molecule has 3 aromatic carbocycles. The average molecular weight is 524 g/mol. The average Bonchev–Trinajstić information content (AvgIpc) is 3.47. The Bertz CT molecular complexity index is 1300. The van der Waals surface area contributed by atoms with Crippen molar-refractivity contribution in [3.63, 3.8) is 0 Å². The van der Waals surface area contributed by atoms with Crippen LogP contribution in [0.4, 0.5) is 0 Å². The van der Waals surface area contributed by atoms with Crippen molar-refractivity contribution in [1.82, 2.24) is 25.3 Å². The van der Waals surface area contributed by atoms with Crippen molar-refractivity contribution in [3.8, 4) is 11.1 Å². The number of fused-ring (bicyclic) bond motifs is 2. The molecule has 0 radical (unpaired) electrons. The maximum Gasteiger partial charge on any atom is 0.251 e. The Labute approximate surface area is 233 Å². The molecular formula is C33H41N5O. The minimum atomic E-state index is -0.0220. The van der Waals surface area contributed by atoms with Gasteiger partial charge in [-0.3, -0.25) is 14.6 Å². The number of hydrogen-bond acceptors (Lipinski definition) is 5. The Kier molecular flexibility index (Phi) is 7.80. The number of carbonyl (C=O) groups is 1. The Morgan fingerprint density at radius 3 is 2.23 bits per heavy atom. The van der Waals surface area contributed by atoms with Crippen LogP contribution in [0.1, 0.15) is 34.0 Å². The van der Waals surface area contributed by atoms with Crippen LogP contribution in [0.15, 0.2) is 72.8 Å². The van der Waals surface area contributed by atoms with Crippen molar-refractivity contribution < 1.29 is 4.79 Å². The normalized spacial score (nSPS) is 23.8. The number of amides is 1. The molecule has 3 fully saturated rings. The molecule has 3 atom stereocenters. The molecule has 3 aromatic rings. The van der Waals surface area contributed by atoms with Gasteiger partial charge in [-0.2, -0.15) is 0 Å². The maximum atomic E-state index is 13.0. The Hall–Kier alpha value is -3.03. The molecule has 1 amide bonds. The van der Waals surface area contributed by atoms with Crippen LogP contribution < -0.4 is 10.6 Å². The number of likely N-dealkylation sites (N-methyl/N-ethyl adjacent to an activating group) is 1. The van der Waals surface area contributed by atoms with Crippen LogP contribution >= 0.6 is 0 Å². The lowest BCUT2D eigenvalue weighted by Crippen LogP contribution is -2.43. The third-order valence-corrected chi connectivity index (χ3v) is 8.95. The summed E-state index contributed by atoms with van der Waals surface area (Å²) in [6, 6.07) is 26.8. The van der Waals surface area contributed by atoms with Crippen LogP contribution in [0.5, 0.6) is 0 Å². The first kappa shape index (κ1) is 26.2. The van der Waals surface area contributed by atoms with Gasteiger partial charge >= 0.3 is 0 Å². The van der Waals surface area contributed by atoms with Gasteiger partial charge in [-0.1, -0.05) is 55.5 Å². The molecule has 0 aliphatic carbocycles. The van der Waals surface area contributed by atoms with Gasteiger partial charge in [0.15, 0.2) is 0 Å². The van der Waals surface area contributed by atoms with E-state index in [1.165, 1.54) is 22.3 Å². The molecule has 1 unspecified atom stereocenters. The second-order valence-electron chi connectivity index (χ2n) is 11.7. The molecule has 204 valence electrons. The predicted molar refractivity (Wildman–Crippen MR) is 157 cm³/mol. The highest BCUT2D eigenvalue weighted by atomic mass is 16.1. The molecule has 2 bridgehead atoms. The number of carbonyl (C=O) groups excluding carboxylic acids is 1. The van der Waals surface area contributed by atoms with Gasteiger partial charge in [-0.25, -0.2) is 0 Å². The predicted octanol–water partition coefficient (Wildman–Crippen LogP) is 3.82. The summed E-state index contributed by atoms with van der Waals surface area (Å²) in [4.78, 5) is 20.5. The van der Waals surface area contributed by atoms with Gasteiger partial charge in [0.05, 0.1) is 0 Å². The van der Waals surface area contributed by atoms with Crippen molar-refractivity contribution in [2.24, 2.45) is 5.92 Å². The lowest BCUT2D eigenvalue weighted by Gasteiger charge is -2.32. The van der Waals surface area contributed by atoms with E-state index in [-0.39, 0.29) is 5.91 Å². The number of nitrogens with one attached hydrogen (secondary N) is 2. The van der Waals surface area contributed by atoms with E-state index in [1.54, 1.807) is 0 Å². The van der Waals surface area contributed by atoms with E-state index in [0.717, 1.165) is 69.4 Å². The molecule has 3 aliphatic rings. The quantitative estimate of drug-likeness (QED) is 0.470. The van der Waals surface area contributed by atoms with Crippen molar-refractivity contribution in [2.75, 3.05) is 46.3 Å². The maximum absolute atomic E-state index is 13.0. The fourth-order valence-corrected chi connectivity index (χ4v) is 6.48. The molecule has 39 heavy (non-hydrogen) atoms. The molecule has 0 saturated carbocycles. The van der Waals surface area contributed by atoms with Gasteiger partial charge in [0, 0.05) is 76.5 Å². The summed E-state index contributed by atoms with van der Waals surface area (Å²) in [6.45, 7) is 11.4. The van der Waals surface area contributed by atoms with Crippen LogP contribution in [0.25, 0.3) is 11.1 Å². The third-order valence-electron chi connectivity index (χ3n) is 8.95. The van der Waals surface area contributed by atoms with Crippen LogP contribution in [0.3, 0.4) is 0 Å². The standard InChI is InChI=1S/C33H41N5O/c1-24-31-23-38(32(24)20-34-31)22-27-8-4-10-29(17-27)28-9-3-6-25(16-28)19-35-33(39)30-11-5-7-26(18-30)21-37-14-12-36(2)13-15-37/h3-11,16-18,24,31-32,34H,12-15,19-23H2,1-2H3,(H,35,39)/t24-,31-,32?/m1/s1. The molecule has 0 aromatic heterocycles. The largest absolute Gasteiger partial charge is 0.348 e. The van der Waals surface area contributed by atoms with Gasteiger partial charge in [0.1, 0.15) is 0 Å². The van der Waals surface area contributed by atoms with Crippen molar-refractivity contribution >= 4 is 5.91 Å². The number of likely N-dealkylation sites (tertiary alicyclic amines) is 1. The zero-order valence-corrected chi connectivity index (χ0v) is 23.3. The minimum absolute atomic E-state index is 0.0220. The first-order valence-corrected chi connectivity index (χ1v) is 14.5. The van der Waals surface area contributed by atoms with E-state index in [1.807, 2.05) is 18.2 Å². The highest BCUT2D eigenvalue weighted by molar-refractivity contribution is 5.94. The van der Waals surface area contributed by atoms with Gasteiger partial charge in [-0.15, -0.1) is 0 Å². The minimum Gasteiger partial charge on any atom is -0.348 e. The number of rotatable bonds is 8. The molecule has 3 heterocycles. The van der Waals surface area contributed by atoms with Crippen molar-refractivity contribution in [1.29, 1.82) is 0 Å². The van der Waals surface area contributed by atoms with E-state index < -0.39 is 0 Å². The van der Waals surface area contributed by atoms with Crippen LogP contribution in [-0.2, 0) is 19.6 Å². The molecule has 3 aliphatic heterocycles. The highest BCUT2D eigenvalue weighted by Gasteiger charge is 2.43. The number of hydrogen-bond donors (Lipinski definition) is 2.